The molecular weight excluding hydrogens is 262 g/mol. The number of benzene rings is 1. The van der Waals surface area contributed by atoms with Crippen molar-refractivity contribution in [2.24, 2.45) is 0 Å². The second kappa shape index (κ2) is 7.03. The van der Waals surface area contributed by atoms with Gasteiger partial charge in [0.15, 0.2) is 0 Å². The Morgan fingerprint density at radius 1 is 1.00 bits per heavy atom. The Morgan fingerprint density at radius 3 is 2.67 bits per heavy atom. The summed E-state index contributed by atoms with van der Waals surface area (Å²) in [5.41, 5.74) is 7.81. The third kappa shape index (κ3) is 3.82. The van der Waals surface area contributed by atoms with Crippen molar-refractivity contribution in [1.29, 1.82) is 0 Å². The monoisotopic (exact) mass is 289 g/mol. The lowest BCUT2D eigenvalue weighted by atomic mass is 10.1. The van der Waals surface area contributed by atoms with Crippen molar-refractivity contribution < 1.29 is 4.74 Å². The van der Waals surface area contributed by atoms with E-state index in [0.29, 0.717) is 0 Å². The van der Waals surface area contributed by atoms with Crippen LogP contribution in [0.3, 0.4) is 0 Å². The van der Waals surface area contributed by atoms with Crippen molar-refractivity contribution in [2.75, 3.05) is 50.0 Å². The molecule has 0 saturated carbocycles. The Hall–Kier alpha value is -1.42. The summed E-state index contributed by atoms with van der Waals surface area (Å²) in [6.07, 6.45) is 6.70. The van der Waals surface area contributed by atoms with Crippen molar-refractivity contribution in [3.63, 3.8) is 0 Å². The summed E-state index contributed by atoms with van der Waals surface area (Å²) >= 11 is 0. The number of likely N-dealkylation sites (tertiary alicyclic amines) is 1. The molecule has 0 aliphatic carbocycles. The van der Waals surface area contributed by atoms with Crippen molar-refractivity contribution in [3.8, 4) is 5.75 Å². The molecule has 116 valence electrons. The van der Waals surface area contributed by atoms with Gasteiger partial charge in [0.2, 0.25) is 0 Å². The second-order valence-electron chi connectivity index (χ2n) is 6.17. The van der Waals surface area contributed by atoms with E-state index in [-0.39, 0.29) is 0 Å². The Bertz CT molecular complexity index is 457. The summed E-state index contributed by atoms with van der Waals surface area (Å²) in [5, 5.41) is 0. The first-order chi connectivity index (χ1) is 10.3. The topological polar surface area (TPSA) is 41.7 Å². The molecule has 3 rings (SSSR count). The maximum Gasteiger partial charge on any atom is 0.144 e. The highest BCUT2D eigenvalue weighted by Gasteiger charge is 2.17. The summed E-state index contributed by atoms with van der Waals surface area (Å²) in [5.74, 6) is 0.943. The Balaban J connectivity index is 1.41. The van der Waals surface area contributed by atoms with Gasteiger partial charge in [-0.15, -0.1) is 0 Å². The first-order valence-electron chi connectivity index (χ1n) is 8.32. The number of nitrogens with two attached hydrogens (primary N) is 1. The number of nitrogens with zero attached hydrogens (tertiary/aromatic N) is 2. The van der Waals surface area contributed by atoms with Crippen molar-refractivity contribution in [2.45, 2.75) is 32.1 Å². The first kappa shape index (κ1) is 14.5. The van der Waals surface area contributed by atoms with E-state index < -0.39 is 0 Å². The van der Waals surface area contributed by atoms with Gasteiger partial charge in [0.25, 0.3) is 0 Å². The Morgan fingerprint density at radius 2 is 1.81 bits per heavy atom. The maximum atomic E-state index is 5.82. The van der Waals surface area contributed by atoms with Gasteiger partial charge in [-0.1, -0.05) is 6.42 Å². The number of anilines is 2. The average molecular weight is 289 g/mol. The van der Waals surface area contributed by atoms with Crippen LogP contribution in [0.5, 0.6) is 5.75 Å². The maximum absolute atomic E-state index is 5.82. The third-order valence-corrected chi connectivity index (χ3v) is 4.54. The standard InChI is InChI=1S/C17H27N3O/c18-15-6-7-16-17(14-15)21-13-12-20(16)11-3-1-2-8-19-9-4-5-10-19/h6-7,14H,1-5,8-13,18H2. The van der Waals surface area contributed by atoms with Crippen molar-refractivity contribution in [1.82, 2.24) is 4.90 Å². The molecule has 4 heteroatoms. The fourth-order valence-corrected chi connectivity index (χ4v) is 3.35. The number of nitrogen functional groups attached to an aromatic ring is 1. The van der Waals surface area contributed by atoms with Crippen molar-refractivity contribution in [3.05, 3.63) is 18.2 Å². The van der Waals surface area contributed by atoms with Crippen LogP contribution in [0.15, 0.2) is 18.2 Å². The third-order valence-electron chi connectivity index (χ3n) is 4.54. The molecule has 0 amide bonds. The average Bonchev–Trinajstić information content (AvgIpc) is 3.00. The molecule has 0 radical (unpaired) electrons. The van der Waals surface area contributed by atoms with Gasteiger partial charge in [-0.2, -0.15) is 0 Å². The van der Waals surface area contributed by atoms with E-state index in [1.165, 1.54) is 57.4 Å². The number of unbranched alkanes of at least 4 members (excludes halogenated alkanes) is 2. The number of rotatable bonds is 6. The Kier molecular flexibility index (Phi) is 4.86. The normalized spacial score (nSPS) is 18.6. The van der Waals surface area contributed by atoms with E-state index in [9.17, 15) is 0 Å². The molecule has 1 fully saturated rings. The highest BCUT2D eigenvalue weighted by atomic mass is 16.5. The lowest BCUT2D eigenvalue weighted by molar-refractivity contribution is 0.305. The second-order valence-corrected chi connectivity index (χ2v) is 6.17. The molecule has 2 aliphatic rings. The molecule has 1 aromatic rings. The van der Waals surface area contributed by atoms with E-state index in [1.54, 1.807) is 0 Å². The molecule has 2 N–H and O–H groups in total. The molecule has 2 aliphatic heterocycles. The summed E-state index contributed by atoms with van der Waals surface area (Å²) in [4.78, 5) is 5.04. The molecule has 1 saturated heterocycles. The van der Waals surface area contributed by atoms with E-state index in [0.717, 1.165) is 31.1 Å². The lowest BCUT2D eigenvalue weighted by Gasteiger charge is -2.31. The molecule has 0 aromatic heterocycles. The lowest BCUT2D eigenvalue weighted by Crippen LogP contribution is -2.33. The molecule has 0 atom stereocenters. The molecule has 21 heavy (non-hydrogen) atoms. The Labute approximate surface area is 127 Å². The predicted molar refractivity (Wildman–Crippen MR) is 88.1 cm³/mol. The van der Waals surface area contributed by atoms with Gasteiger partial charge in [0.05, 0.1) is 12.2 Å². The highest BCUT2D eigenvalue weighted by molar-refractivity contribution is 5.64. The molecule has 4 nitrogen and oxygen atoms in total. The minimum Gasteiger partial charge on any atom is -0.489 e. The summed E-state index contributed by atoms with van der Waals surface area (Å²) in [6, 6.07) is 6.00. The predicted octanol–water partition coefficient (Wildman–Crippen LogP) is 2.73. The van der Waals surface area contributed by atoms with Gasteiger partial charge < -0.3 is 20.3 Å². The molecule has 2 heterocycles. The summed E-state index contributed by atoms with van der Waals surface area (Å²) < 4.78 is 5.70. The van der Waals surface area contributed by atoms with Gasteiger partial charge in [-0.05, 0) is 57.5 Å². The van der Waals surface area contributed by atoms with Gasteiger partial charge in [0.1, 0.15) is 12.4 Å². The molecule has 0 spiro atoms. The van der Waals surface area contributed by atoms with Crippen LogP contribution >= 0.6 is 0 Å². The van der Waals surface area contributed by atoms with Gasteiger partial charge >= 0.3 is 0 Å². The van der Waals surface area contributed by atoms with E-state index in [1.807, 2.05) is 12.1 Å². The van der Waals surface area contributed by atoms with E-state index >= 15 is 0 Å². The number of hydrogen-bond donors (Lipinski definition) is 1. The number of ether oxygens (including phenoxy) is 1. The van der Waals surface area contributed by atoms with Gasteiger partial charge in [0, 0.05) is 18.3 Å². The number of hydrogen-bond acceptors (Lipinski definition) is 4. The number of fused-ring (bicyclic) bond motifs is 1. The van der Waals surface area contributed by atoms with Crippen LogP contribution in [0.1, 0.15) is 32.1 Å². The van der Waals surface area contributed by atoms with Crippen LogP contribution in [-0.4, -0.2) is 44.2 Å². The zero-order valence-corrected chi connectivity index (χ0v) is 12.9. The zero-order valence-electron chi connectivity index (χ0n) is 12.9. The fourth-order valence-electron chi connectivity index (χ4n) is 3.35. The van der Waals surface area contributed by atoms with Crippen LogP contribution in [0, 0.1) is 0 Å². The van der Waals surface area contributed by atoms with Crippen LogP contribution in [0.25, 0.3) is 0 Å². The minimum absolute atomic E-state index is 0.768. The SMILES string of the molecule is Nc1ccc2c(c1)OCCN2CCCCCN1CCCC1. The molecule has 0 unspecified atom stereocenters. The molecular formula is C17H27N3O. The largest absolute Gasteiger partial charge is 0.489 e. The van der Waals surface area contributed by atoms with Crippen LogP contribution in [0.2, 0.25) is 0 Å². The van der Waals surface area contributed by atoms with Crippen LogP contribution in [0.4, 0.5) is 11.4 Å². The smallest absolute Gasteiger partial charge is 0.144 e. The van der Waals surface area contributed by atoms with Crippen molar-refractivity contribution >= 4 is 11.4 Å². The quantitative estimate of drug-likeness (QED) is 0.646. The van der Waals surface area contributed by atoms with Gasteiger partial charge in [-0.25, -0.2) is 0 Å². The zero-order chi connectivity index (χ0) is 14.5. The van der Waals surface area contributed by atoms with Gasteiger partial charge in [-0.3, -0.25) is 0 Å². The summed E-state index contributed by atoms with van der Waals surface area (Å²) in [6.45, 7) is 6.81. The van der Waals surface area contributed by atoms with E-state index in [4.69, 9.17) is 10.5 Å². The molecule has 1 aromatic carbocycles. The minimum atomic E-state index is 0.768. The fraction of sp³-hybridized carbons (Fsp3) is 0.647. The highest BCUT2D eigenvalue weighted by Crippen LogP contribution is 2.33. The summed E-state index contributed by atoms with van der Waals surface area (Å²) in [7, 11) is 0. The van der Waals surface area contributed by atoms with Crippen LogP contribution < -0.4 is 15.4 Å². The first-order valence-corrected chi connectivity index (χ1v) is 8.32. The molecule has 0 bridgehead atoms. The van der Waals surface area contributed by atoms with E-state index in [2.05, 4.69) is 15.9 Å². The van der Waals surface area contributed by atoms with Crippen LogP contribution in [-0.2, 0) is 0 Å².